The lowest BCUT2D eigenvalue weighted by molar-refractivity contribution is -0.137. The maximum atomic E-state index is 13.7. The summed E-state index contributed by atoms with van der Waals surface area (Å²) in [6.45, 7) is 19.7. The van der Waals surface area contributed by atoms with E-state index in [2.05, 4.69) is 65.8 Å². The molecule has 12 nitrogen and oxygen atoms in total. The van der Waals surface area contributed by atoms with Crippen molar-refractivity contribution in [2.24, 2.45) is 11.8 Å². The number of anilines is 1. The van der Waals surface area contributed by atoms with E-state index in [1.165, 1.54) is 5.56 Å². The van der Waals surface area contributed by atoms with E-state index >= 15 is 0 Å². The maximum Gasteiger partial charge on any atom is 0.303 e. The first-order valence-corrected chi connectivity index (χ1v) is 24.0. The smallest absolute Gasteiger partial charge is 0.303 e. The molecule has 3 aromatic rings. The van der Waals surface area contributed by atoms with Crippen molar-refractivity contribution in [2.75, 3.05) is 71.7 Å². The number of aliphatic carboxylic acids is 1. The number of unbranched alkanes of at least 4 members (excludes halogenated alkanes) is 5. The highest BCUT2D eigenvalue weighted by atomic mass is 16.5. The molecule has 0 radical (unpaired) electrons. The van der Waals surface area contributed by atoms with Gasteiger partial charge in [0.2, 0.25) is 0 Å². The summed E-state index contributed by atoms with van der Waals surface area (Å²) in [5.41, 5.74) is 4.34. The fraction of sp³-hybridized carbons (Fsp3) is 0.596. The number of carboxylic acids is 1. The van der Waals surface area contributed by atoms with Crippen LogP contribution < -0.4 is 20.7 Å². The number of pyridine rings is 1. The van der Waals surface area contributed by atoms with Crippen LogP contribution in [0.2, 0.25) is 0 Å². The Balaban J connectivity index is 1.17. The van der Waals surface area contributed by atoms with Crippen molar-refractivity contribution in [3.8, 4) is 5.75 Å². The Morgan fingerprint density at radius 1 is 0.766 bits per heavy atom. The summed E-state index contributed by atoms with van der Waals surface area (Å²) in [4.78, 5) is 30.9. The molecule has 0 saturated carbocycles. The normalized spacial score (nSPS) is 15.7. The van der Waals surface area contributed by atoms with Crippen molar-refractivity contribution in [1.29, 1.82) is 0 Å². The summed E-state index contributed by atoms with van der Waals surface area (Å²) >= 11 is 0. The minimum atomic E-state index is -0.744. The van der Waals surface area contributed by atoms with Gasteiger partial charge in [-0.05, 0) is 124 Å². The van der Waals surface area contributed by atoms with Gasteiger partial charge in [0.05, 0.1) is 50.7 Å². The number of benzene rings is 2. The number of hydrogen-bond donors (Lipinski definition) is 4. The predicted octanol–water partition coefficient (Wildman–Crippen LogP) is 10.00. The third-order valence-corrected chi connectivity index (χ3v) is 12.7. The molecule has 1 fully saturated rings. The Hall–Kier alpha value is -4.49. The molecule has 1 aliphatic rings. The largest absolute Gasteiger partial charge is 0.494 e. The van der Waals surface area contributed by atoms with Crippen LogP contribution in [0.1, 0.15) is 138 Å². The lowest BCUT2D eigenvalue weighted by Crippen LogP contribution is -2.53. The van der Waals surface area contributed by atoms with Gasteiger partial charge < -0.3 is 44.9 Å². The second-order valence-electron chi connectivity index (χ2n) is 17.5. The van der Waals surface area contributed by atoms with E-state index in [9.17, 15) is 9.59 Å². The average Bonchev–Trinajstić information content (AvgIpc) is 3.30. The highest BCUT2D eigenvalue weighted by molar-refractivity contribution is 5.95. The van der Waals surface area contributed by atoms with Gasteiger partial charge in [-0.15, -0.1) is 0 Å². The molecule has 64 heavy (non-hydrogen) atoms. The molecule has 0 spiro atoms. The maximum absolute atomic E-state index is 13.7. The summed E-state index contributed by atoms with van der Waals surface area (Å²) in [6, 6.07) is 20.0. The van der Waals surface area contributed by atoms with Crippen LogP contribution in [-0.2, 0) is 19.0 Å². The van der Waals surface area contributed by atoms with Crippen molar-refractivity contribution in [1.82, 2.24) is 20.5 Å². The molecule has 1 aliphatic heterocycles. The lowest BCUT2D eigenvalue weighted by Gasteiger charge is -2.45. The highest BCUT2D eigenvalue weighted by Gasteiger charge is 2.39. The Kier molecular flexibility index (Phi) is 23.7. The van der Waals surface area contributed by atoms with E-state index in [4.69, 9.17) is 30.6 Å². The van der Waals surface area contributed by atoms with Gasteiger partial charge >= 0.3 is 5.97 Å². The summed E-state index contributed by atoms with van der Waals surface area (Å²) in [6.07, 6.45) is 14.5. The van der Waals surface area contributed by atoms with Crippen molar-refractivity contribution in [3.05, 3.63) is 102 Å². The van der Waals surface area contributed by atoms with Gasteiger partial charge in [0, 0.05) is 62.1 Å². The number of nitrogens with one attached hydrogen (secondary N) is 3. The molecular formula is C52H79N5O7. The van der Waals surface area contributed by atoms with Gasteiger partial charge in [-0.3, -0.25) is 14.6 Å². The summed E-state index contributed by atoms with van der Waals surface area (Å²) < 4.78 is 22.8. The Bertz CT molecular complexity index is 1770. The van der Waals surface area contributed by atoms with E-state index in [1.54, 1.807) is 0 Å². The number of rotatable bonds is 33. The zero-order chi connectivity index (χ0) is 46.0. The average molecular weight is 886 g/mol. The van der Waals surface area contributed by atoms with Crippen LogP contribution >= 0.6 is 0 Å². The fourth-order valence-corrected chi connectivity index (χ4v) is 8.39. The van der Waals surface area contributed by atoms with Crippen LogP contribution in [0.25, 0.3) is 0 Å². The number of hydrogen-bond acceptors (Lipinski definition) is 10. The number of carboxylic acid groups (broad SMARTS) is 1. The van der Waals surface area contributed by atoms with Crippen LogP contribution in [0.3, 0.4) is 0 Å². The standard InChI is InChI=1S/C52H79N5O7/c1-7-40(3)48(8-2)50(44-24-28-53-29-25-44)55-42(5)52(26-30-57(6)31-27-52)56-46-18-16-17-45(39-46)51(60)54-41(4)43-20-22-47(23-21-43)64-34-15-10-9-13-32-61-35-37-63-38-36-62-33-14-11-12-19-49(58)59/h16-18,20-25,28-29,39-41,48,50,55-56H,5,7-15,19,26-27,30-38H2,1-4,6H3,(H,54,60)(H,58,59)/t40?,41-,48?,50?/m0/s1. The van der Waals surface area contributed by atoms with Gasteiger partial charge in [-0.25, -0.2) is 0 Å². The van der Waals surface area contributed by atoms with E-state index in [1.807, 2.05) is 67.8 Å². The second kappa shape index (κ2) is 29.1. The Labute approximate surface area is 384 Å². The molecule has 4 rings (SSSR count). The third-order valence-electron chi connectivity index (χ3n) is 12.7. The highest BCUT2D eigenvalue weighted by Crippen LogP contribution is 2.38. The molecule has 3 unspecified atom stereocenters. The van der Waals surface area contributed by atoms with E-state index in [0.717, 1.165) is 107 Å². The topological polar surface area (TPSA) is 144 Å². The van der Waals surface area contributed by atoms with Gasteiger partial charge in [-0.1, -0.05) is 71.2 Å². The number of likely N-dealkylation sites (tertiary alicyclic amines) is 1. The summed E-state index contributed by atoms with van der Waals surface area (Å²) in [5, 5.41) is 19.7. The molecule has 12 heteroatoms. The molecule has 4 atom stereocenters. The Morgan fingerprint density at radius 3 is 1.98 bits per heavy atom. The number of aromatic nitrogens is 1. The Morgan fingerprint density at radius 2 is 1.38 bits per heavy atom. The molecule has 2 heterocycles. The molecule has 354 valence electrons. The molecule has 1 aromatic heterocycles. The number of carbonyl (C=O) groups is 2. The summed E-state index contributed by atoms with van der Waals surface area (Å²) in [7, 11) is 2.17. The van der Waals surface area contributed by atoms with E-state index in [0.29, 0.717) is 63.5 Å². The first kappa shape index (κ1) is 52.1. The SMILES string of the molecule is C=C(NC(c1ccncc1)C(CC)C(C)CC)C1(Nc2cccc(C(=O)N[C@@H](C)c3ccc(OCCCCCCOCCOCCOCCCCCC(=O)O)cc3)c2)CCN(C)CC1. The van der Waals surface area contributed by atoms with Crippen molar-refractivity contribution in [3.63, 3.8) is 0 Å². The molecule has 0 bridgehead atoms. The number of carbonyl (C=O) groups excluding carboxylic acids is 1. The summed E-state index contributed by atoms with van der Waals surface area (Å²) in [5.74, 6) is 0.915. The quantitative estimate of drug-likeness (QED) is 0.0434. The number of nitrogens with zero attached hydrogens (tertiary/aromatic N) is 2. The first-order chi connectivity index (χ1) is 31.0. The van der Waals surface area contributed by atoms with Crippen molar-refractivity contribution in [2.45, 2.75) is 122 Å². The molecule has 2 aromatic carbocycles. The molecule has 4 N–H and O–H groups in total. The molecule has 1 saturated heterocycles. The third kappa shape index (κ3) is 18.2. The second-order valence-corrected chi connectivity index (χ2v) is 17.5. The number of amides is 1. The van der Waals surface area contributed by atoms with Crippen LogP contribution in [0.5, 0.6) is 5.75 Å². The molecule has 1 amide bonds. The van der Waals surface area contributed by atoms with Gasteiger partial charge in [0.1, 0.15) is 5.75 Å². The van der Waals surface area contributed by atoms with Crippen LogP contribution in [-0.4, -0.2) is 98.8 Å². The first-order valence-electron chi connectivity index (χ1n) is 24.0. The number of piperidine rings is 1. The number of ether oxygens (including phenoxy) is 4. The van der Waals surface area contributed by atoms with Crippen molar-refractivity contribution < 1.29 is 33.6 Å². The monoisotopic (exact) mass is 886 g/mol. The van der Waals surface area contributed by atoms with E-state index in [-0.39, 0.29) is 24.4 Å². The lowest BCUT2D eigenvalue weighted by atomic mass is 9.78. The van der Waals surface area contributed by atoms with Crippen molar-refractivity contribution >= 4 is 17.6 Å². The minimum Gasteiger partial charge on any atom is -0.494 e. The van der Waals surface area contributed by atoms with Crippen LogP contribution in [0.15, 0.2) is 85.3 Å². The van der Waals surface area contributed by atoms with Gasteiger partial charge in [-0.2, -0.15) is 0 Å². The van der Waals surface area contributed by atoms with Gasteiger partial charge in [0.15, 0.2) is 0 Å². The van der Waals surface area contributed by atoms with Crippen LogP contribution in [0, 0.1) is 11.8 Å². The predicted molar refractivity (Wildman–Crippen MR) is 257 cm³/mol. The molecular weight excluding hydrogens is 807 g/mol. The van der Waals surface area contributed by atoms with Gasteiger partial charge in [0.25, 0.3) is 5.91 Å². The zero-order valence-corrected chi connectivity index (χ0v) is 39.6. The van der Waals surface area contributed by atoms with Crippen LogP contribution in [0.4, 0.5) is 5.69 Å². The minimum absolute atomic E-state index is 0.105. The zero-order valence-electron chi connectivity index (χ0n) is 39.6. The molecule has 0 aliphatic carbocycles. The van der Waals surface area contributed by atoms with E-state index < -0.39 is 11.5 Å². The fourth-order valence-electron chi connectivity index (χ4n) is 8.39.